The average molecular weight is 129 g/mol. The summed E-state index contributed by atoms with van der Waals surface area (Å²) in [5.74, 6) is 0. The Morgan fingerprint density at radius 3 is 2.62 bits per heavy atom. The molecule has 0 amide bonds. The topological polar surface area (TPSA) is 9.23 Å². The van der Waals surface area contributed by atoms with Crippen LogP contribution >= 0.6 is 0 Å². The van der Waals surface area contributed by atoms with Gasteiger partial charge in [-0.3, -0.25) is 0 Å². The van der Waals surface area contributed by atoms with E-state index in [0.29, 0.717) is 15.6 Å². The highest BCUT2D eigenvalue weighted by atomic mass is 27.1. The van der Waals surface area contributed by atoms with Gasteiger partial charge in [0, 0.05) is 6.61 Å². The van der Waals surface area contributed by atoms with Crippen LogP contribution in [0.1, 0.15) is 26.7 Å². The highest BCUT2D eigenvalue weighted by Crippen LogP contribution is 1.86. The summed E-state index contributed by atoms with van der Waals surface area (Å²) >= 11 is 0.313. The van der Waals surface area contributed by atoms with Crippen molar-refractivity contribution in [2.75, 3.05) is 6.61 Å². The molecule has 0 aromatic carbocycles. The Hall–Kier alpha value is 0.492. The third-order valence-corrected chi connectivity index (χ3v) is 1.70. The van der Waals surface area contributed by atoms with Gasteiger partial charge in [-0.05, 0) is 6.42 Å². The van der Waals surface area contributed by atoms with Gasteiger partial charge in [0.25, 0.3) is 0 Å². The molecule has 0 unspecified atom stereocenters. The van der Waals surface area contributed by atoms with Gasteiger partial charge in [-0.1, -0.05) is 25.6 Å². The minimum absolute atomic E-state index is 0.313. The number of unbranched alkanes of at least 4 members (excludes halogenated alkanes) is 1. The highest BCUT2D eigenvalue weighted by Gasteiger charge is 1.86. The van der Waals surface area contributed by atoms with Crippen LogP contribution in [0.3, 0.4) is 0 Å². The van der Waals surface area contributed by atoms with Gasteiger partial charge in [0.05, 0.1) is 0 Å². The van der Waals surface area contributed by atoms with Crippen molar-refractivity contribution >= 4 is 15.6 Å². The van der Waals surface area contributed by atoms with Gasteiger partial charge in [-0.15, -0.1) is 0 Å². The summed E-state index contributed by atoms with van der Waals surface area (Å²) in [6.07, 6.45) is 2.48. The van der Waals surface area contributed by atoms with Gasteiger partial charge in [0.1, 0.15) is 0 Å². The maximum atomic E-state index is 5.31. The summed E-state index contributed by atoms with van der Waals surface area (Å²) in [5, 5.41) is 1.23. The maximum Gasteiger partial charge on any atom is 0.423 e. The largest absolute Gasteiger partial charge is 0.507 e. The van der Waals surface area contributed by atoms with Gasteiger partial charge >= 0.3 is 15.6 Å². The Balaban J connectivity index is 2.53. The zero-order valence-corrected chi connectivity index (χ0v) is 6.97. The molecular formula is C6H14AlO. The van der Waals surface area contributed by atoms with Crippen molar-refractivity contribution in [3.63, 3.8) is 0 Å². The fourth-order valence-electron chi connectivity index (χ4n) is 0.429. The lowest BCUT2D eigenvalue weighted by Crippen LogP contribution is -1.97. The number of hydrogen-bond acceptors (Lipinski definition) is 1. The lowest BCUT2D eigenvalue weighted by Gasteiger charge is -1.97. The molecule has 0 saturated carbocycles. The summed E-state index contributed by atoms with van der Waals surface area (Å²) in [4.78, 5) is 0. The Labute approximate surface area is 58.5 Å². The second-order valence-corrected chi connectivity index (χ2v) is 3.28. The molecule has 0 atom stereocenters. The molecule has 0 saturated heterocycles. The maximum absolute atomic E-state index is 5.31. The molecule has 47 valence electrons. The van der Waals surface area contributed by atoms with E-state index in [1.807, 2.05) is 0 Å². The predicted octanol–water partition coefficient (Wildman–Crippen LogP) is 1.86. The van der Waals surface area contributed by atoms with E-state index in [0.717, 1.165) is 6.61 Å². The molecule has 1 radical (unpaired) electrons. The van der Waals surface area contributed by atoms with Gasteiger partial charge in [-0.25, -0.2) is 0 Å². The second-order valence-electron chi connectivity index (χ2n) is 1.80. The lowest BCUT2D eigenvalue weighted by atomic mass is 10.4. The zero-order valence-electron chi connectivity index (χ0n) is 5.81. The number of rotatable bonds is 5. The molecule has 0 N–H and O–H groups in total. The van der Waals surface area contributed by atoms with E-state index in [4.69, 9.17) is 3.79 Å². The first-order valence-corrected chi connectivity index (χ1v) is 4.63. The summed E-state index contributed by atoms with van der Waals surface area (Å²) in [5.41, 5.74) is 0. The van der Waals surface area contributed by atoms with E-state index in [1.165, 1.54) is 18.1 Å². The van der Waals surface area contributed by atoms with Gasteiger partial charge < -0.3 is 3.79 Å². The fourth-order valence-corrected chi connectivity index (χ4v) is 0.998. The molecule has 0 aliphatic heterocycles. The van der Waals surface area contributed by atoms with Crippen molar-refractivity contribution in [3.05, 3.63) is 0 Å². The molecule has 0 spiro atoms. The van der Waals surface area contributed by atoms with E-state index in [1.54, 1.807) is 0 Å². The van der Waals surface area contributed by atoms with Crippen LogP contribution in [0.2, 0.25) is 5.28 Å². The van der Waals surface area contributed by atoms with Crippen molar-refractivity contribution in [1.29, 1.82) is 0 Å². The lowest BCUT2D eigenvalue weighted by molar-refractivity contribution is 0.326. The molecule has 0 aromatic rings. The minimum atomic E-state index is 0.313. The first-order valence-electron chi connectivity index (χ1n) is 3.35. The van der Waals surface area contributed by atoms with Gasteiger partial charge in [-0.2, -0.15) is 0 Å². The minimum Gasteiger partial charge on any atom is -0.507 e. The van der Waals surface area contributed by atoms with Crippen LogP contribution in [0, 0.1) is 0 Å². The first kappa shape index (κ1) is 8.49. The Morgan fingerprint density at radius 2 is 2.12 bits per heavy atom. The average Bonchev–Trinajstić information content (AvgIpc) is 1.81. The SMILES string of the molecule is CCCC[O][Al][CH2]C. The second kappa shape index (κ2) is 7.49. The summed E-state index contributed by atoms with van der Waals surface area (Å²) in [7, 11) is 0. The zero-order chi connectivity index (χ0) is 6.24. The van der Waals surface area contributed by atoms with E-state index in [9.17, 15) is 0 Å². The highest BCUT2D eigenvalue weighted by molar-refractivity contribution is 6.26. The molecular weight excluding hydrogens is 115 g/mol. The normalized spacial score (nSPS) is 9.25. The molecule has 2 heteroatoms. The van der Waals surface area contributed by atoms with Crippen LogP contribution in [0.5, 0.6) is 0 Å². The third kappa shape index (κ3) is 6.49. The van der Waals surface area contributed by atoms with Crippen molar-refractivity contribution in [2.45, 2.75) is 32.0 Å². The quantitative estimate of drug-likeness (QED) is 0.406. The van der Waals surface area contributed by atoms with E-state index < -0.39 is 0 Å². The monoisotopic (exact) mass is 129 g/mol. The van der Waals surface area contributed by atoms with Crippen molar-refractivity contribution < 1.29 is 3.79 Å². The first-order chi connectivity index (χ1) is 3.91. The molecule has 8 heavy (non-hydrogen) atoms. The van der Waals surface area contributed by atoms with Crippen molar-refractivity contribution in [3.8, 4) is 0 Å². The van der Waals surface area contributed by atoms with E-state index >= 15 is 0 Å². The van der Waals surface area contributed by atoms with Crippen LogP contribution < -0.4 is 0 Å². The molecule has 0 aromatic heterocycles. The summed E-state index contributed by atoms with van der Waals surface area (Å²) < 4.78 is 5.31. The van der Waals surface area contributed by atoms with E-state index in [-0.39, 0.29) is 0 Å². The third-order valence-electron chi connectivity index (χ3n) is 0.900. The fraction of sp³-hybridized carbons (Fsp3) is 1.00. The Morgan fingerprint density at radius 1 is 1.38 bits per heavy atom. The number of hydrogen-bond donors (Lipinski definition) is 0. The molecule has 0 aliphatic rings. The van der Waals surface area contributed by atoms with Crippen LogP contribution in [0.4, 0.5) is 0 Å². The smallest absolute Gasteiger partial charge is 0.423 e. The molecule has 0 heterocycles. The van der Waals surface area contributed by atoms with E-state index in [2.05, 4.69) is 13.8 Å². The molecule has 0 fully saturated rings. The van der Waals surface area contributed by atoms with Gasteiger partial charge in [0.15, 0.2) is 0 Å². The van der Waals surface area contributed by atoms with Crippen molar-refractivity contribution in [2.24, 2.45) is 0 Å². The standard InChI is InChI=1S/C4H9O.C2H5.Al/c1-2-3-4-5;1-2;/h2-4H2,1H3;1H2,2H3;/q-1;;+1. The molecule has 1 nitrogen and oxygen atoms in total. The van der Waals surface area contributed by atoms with Crippen LogP contribution in [-0.2, 0) is 3.79 Å². The molecule has 0 rings (SSSR count). The summed E-state index contributed by atoms with van der Waals surface area (Å²) in [6, 6.07) is 0. The van der Waals surface area contributed by atoms with Crippen LogP contribution in [0.15, 0.2) is 0 Å². The van der Waals surface area contributed by atoms with Crippen LogP contribution in [-0.4, -0.2) is 22.2 Å². The molecule has 0 bridgehead atoms. The van der Waals surface area contributed by atoms with Crippen molar-refractivity contribution in [1.82, 2.24) is 0 Å². The predicted molar refractivity (Wildman–Crippen MR) is 37.1 cm³/mol. The Bertz CT molecular complexity index is 33.5. The van der Waals surface area contributed by atoms with Crippen LogP contribution in [0.25, 0.3) is 0 Å². The molecule has 0 aliphatic carbocycles. The van der Waals surface area contributed by atoms with Gasteiger partial charge in [0.2, 0.25) is 0 Å². The Kier molecular flexibility index (Phi) is 7.95. The summed E-state index contributed by atoms with van der Waals surface area (Å²) in [6.45, 7) is 5.34.